The molecule has 1 unspecified atom stereocenters. The van der Waals surface area contributed by atoms with Gasteiger partial charge in [0, 0.05) is 57.3 Å². The molecule has 4 rings (SSSR count). The third kappa shape index (κ3) is 4.49. The summed E-state index contributed by atoms with van der Waals surface area (Å²) in [5.41, 5.74) is 3.43. The number of aliphatic imine (C=N–C) groups is 1. The second kappa shape index (κ2) is 8.88. The van der Waals surface area contributed by atoms with Crippen molar-refractivity contribution in [3.05, 3.63) is 35.4 Å². The molecular weight excluding hydrogens is 463 g/mol. The highest BCUT2D eigenvalue weighted by molar-refractivity contribution is 14.0. The summed E-state index contributed by atoms with van der Waals surface area (Å²) in [5.74, 6) is 1.05. The number of fused-ring (bicyclic) bond motifs is 1. The van der Waals surface area contributed by atoms with Gasteiger partial charge >= 0.3 is 0 Å². The van der Waals surface area contributed by atoms with E-state index in [4.69, 9.17) is 4.74 Å². The second-order valence-electron chi connectivity index (χ2n) is 9.13. The van der Waals surface area contributed by atoms with Crippen LogP contribution in [0.25, 0.3) is 0 Å². The molecule has 1 aromatic rings. The van der Waals surface area contributed by atoms with Crippen molar-refractivity contribution in [1.29, 1.82) is 0 Å². The topological polar surface area (TPSA) is 40.1 Å². The Morgan fingerprint density at radius 1 is 1.21 bits per heavy atom. The molecule has 3 aliphatic rings. The van der Waals surface area contributed by atoms with Gasteiger partial charge in [-0.25, -0.2) is 0 Å². The molecule has 5 nitrogen and oxygen atoms in total. The Kier molecular flexibility index (Phi) is 6.92. The van der Waals surface area contributed by atoms with Crippen LogP contribution in [-0.2, 0) is 17.7 Å². The molecule has 1 N–H and O–H groups in total. The molecule has 28 heavy (non-hydrogen) atoms. The smallest absolute Gasteiger partial charge is 0.193 e. The molecule has 1 aromatic carbocycles. The zero-order chi connectivity index (χ0) is 18.9. The Labute approximate surface area is 186 Å². The minimum atomic E-state index is 0. The molecule has 0 amide bonds. The molecule has 0 saturated carbocycles. The highest BCUT2D eigenvalue weighted by Gasteiger charge is 2.42. The van der Waals surface area contributed by atoms with Crippen LogP contribution in [0, 0.1) is 5.41 Å². The monoisotopic (exact) mass is 498 g/mol. The minimum absolute atomic E-state index is 0. The number of hydrogen-bond donors (Lipinski definition) is 1. The van der Waals surface area contributed by atoms with Crippen molar-refractivity contribution in [2.75, 3.05) is 46.4 Å². The predicted octanol–water partition coefficient (Wildman–Crippen LogP) is 3.13. The van der Waals surface area contributed by atoms with Gasteiger partial charge in [-0.1, -0.05) is 24.3 Å². The van der Waals surface area contributed by atoms with E-state index in [1.165, 1.54) is 24.0 Å². The number of benzene rings is 1. The summed E-state index contributed by atoms with van der Waals surface area (Å²) >= 11 is 0. The molecule has 1 atom stereocenters. The Bertz CT molecular complexity index is 700. The number of likely N-dealkylation sites (tertiary alicyclic amines) is 1. The van der Waals surface area contributed by atoms with Crippen molar-refractivity contribution < 1.29 is 4.74 Å². The van der Waals surface area contributed by atoms with E-state index in [0.717, 1.165) is 58.3 Å². The first-order chi connectivity index (χ1) is 13.0. The van der Waals surface area contributed by atoms with Crippen LogP contribution in [0.4, 0.5) is 0 Å². The zero-order valence-corrected chi connectivity index (χ0v) is 19.9. The normalized spacial score (nSPS) is 25.7. The van der Waals surface area contributed by atoms with Gasteiger partial charge in [0.05, 0.1) is 6.61 Å². The number of nitrogens with one attached hydrogen (secondary N) is 1. The van der Waals surface area contributed by atoms with Crippen molar-refractivity contribution >= 4 is 29.9 Å². The van der Waals surface area contributed by atoms with Gasteiger partial charge in [0.2, 0.25) is 0 Å². The standard InChI is InChI=1S/C22H34N4O.HI/c1-21(2,26-11-8-18-6-4-5-7-19(18)14-26)15-24-20(23-3)25-12-9-22(16-25)10-13-27-17-22;/h4-7H,8-17H2,1-3H3,(H,23,24);1H. The van der Waals surface area contributed by atoms with Crippen LogP contribution in [0.15, 0.2) is 29.3 Å². The average molecular weight is 498 g/mol. The van der Waals surface area contributed by atoms with Gasteiger partial charge in [-0.15, -0.1) is 24.0 Å². The van der Waals surface area contributed by atoms with Crippen LogP contribution in [-0.4, -0.2) is 67.7 Å². The van der Waals surface area contributed by atoms with E-state index in [0.29, 0.717) is 5.41 Å². The first-order valence-corrected chi connectivity index (χ1v) is 10.4. The minimum Gasteiger partial charge on any atom is -0.381 e. The number of nitrogens with zero attached hydrogens (tertiary/aromatic N) is 3. The largest absolute Gasteiger partial charge is 0.381 e. The number of halogens is 1. The Morgan fingerprint density at radius 3 is 2.71 bits per heavy atom. The molecule has 0 radical (unpaired) electrons. The lowest BCUT2D eigenvalue weighted by Crippen LogP contribution is -2.55. The molecule has 1 spiro atoms. The lowest BCUT2D eigenvalue weighted by Gasteiger charge is -2.42. The van der Waals surface area contributed by atoms with Crippen molar-refractivity contribution in [2.24, 2.45) is 10.4 Å². The van der Waals surface area contributed by atoms with E-state index in [1.807, 2.05) is 7.05 Å². The third-order valence-corrected chi connectivity index (χ3v) is 6.80. The van der Waals surface area contributed by atoms with Crippen LogP contribution in [0.1, 0.15) is 37.8 Å². The molecule has 2 fully saturated rings. The van der Waals surface area contributed by atoms with Gasteiger partial charge in [-0.3, -0.25) is 9.89 Å². The SMILES string of the molecule is CN=C(NCC(C)(C)N1CCc2ccccc2C1)N1CCC2(CCOC2)C1.I. The van der Waals surface area contributed by atoms with Crippen molar-refractivity contribution in [2.45, 2.75) is 45.2 Å². The first kappa shape index (κ1) is 21.8. The van der Waals surface area contributed by atoms with Gasteiger partial charge < -0.3 is 15.0 Å². The lowest BCUT2D eigenvalue weighted by molar-refractivity contribution is 0.106. The summed E-state index contributed by atoms with van der Waals surface area (Å²) < 4.78 is 5.67. The van der Waals surface area contributed by atoms with Gasteiger partial charge in [-0.05, 0) is 44.2 Å². The fraction of sp³-hybridized carbons (Fsp3) is 0.682. The first-order valence-electron chi connectivity index (χ1n) is 10.4. The van der Waals surface area contributed by atoms with Crippen LogP contribution in [0.5, 0.6) is 0 Å². The van der Waals surface area contributed by atoms with E-state index < -0.39 is 0 Å². The van der Waals surface area contributed by atoms with Gasteiger partial charge in [0.15, 0.2) is 5.96 Å². The Morgan fingerprint density at radius 2 is 2.00 bits per heavy atom. The zero-order valence-electron chi connectivity index (χ0n) is 17.5. The molecule has 156 valence electrons. The summed E-state index contributed by atoms with van der Waals surface area (Å²) in [5, 5.41) is 3.67. The highest BCUT2D eigenvalue weighted by atomic mass is 127. The van der Waals surface area contributed by atoms with E-state index in [1.54, 1.807) is 0 Å². The summed E-state index contributed by atoms with van der Waals surface area (Å²) in [4.78, 5) is 9.61. The molecule has 3 heterocycles. The van der Waals surface area contributed by atoms with Gasteiger partial charge in [0.1, 0.15) is 0 Å². The summed E-state index contributed by atoms with van der Waals surface area (Å²) in [6.07, 6.45) is 3.56. The molecule has 0 bridgehead atoms. The van der Waals surface area contributed by atoms with E-state index in [9.17, 15) is 0 Å². The maximum atomic E-state index is 5.67. The lowest BCUT2D eigenvalue weighted by atomic mass is 9.87. The molecule has 0 aromatic heterocycles. The molecular formula is C22H35IN4O. The number of ether oxygens (including phenoxy) is 1. The van der Waals surface area contributed by atoms with E-state index in [-0.39, 0.29) is 29.5 Å². The average Bonchev–Trinajstić information content (AvgIpc) is 3.32. The van der Waals surface area contributed by atoms with E-state index in [2.05, 4.69) is 58.2 Å². The van der Waals surface area contributed by atoms with Crippen molar-refractivity contribution in [1.82, 2.24) is 15.1 Å². The Hall–Kier alpha value is -0.860. The summed E-state index contributed by atoms with van der Waals surface area (Å²) in [6, 6.07) is 8.86. The number of guanidine groups is 1. The maximum absolute atomic E-state index is 5.67. The van der Waals surface area contributed by atoms with Crippen molar-refractivity contribution in [3.8, 4) is 0 Å². The summed E-state index contributed by atoms with van der Waals surface area (Å²) in [7, 11) is 1.91. The highest BCUT2D eigenvalue weighted by Crippen LogP contribution is 2.38. The third-order valence-electron chi connectivity index (χ3n) is 6.80. The molecule has 6 heteroatoms. The maximum Gasteiger partial charge on any atom is 0.193 e. The van der Waals surface area contributed by atoms with Crippen LogP contribution < -0.4 is 5.32 Å². The second-order valence-corrected chi connectivity index (χ2v) is 9.13. The van der Waals surface area contributed by atoms with Gasteiger partial charge in [0.25, 0.3) is 0 Å². The molecule has 3 aliphatic heterocycles. The quantitative estimate of drug-likeness (QED) is 0.395. The van der Waals surface area contributed by atoms with Crippen molar-refractivity contribution in [3.63, 3.8) is 0 Å². The summed E-state index contributed by atoms with van der Waals surface area (Å²) in [6.45, 7) is 11.7. The predicted molar refractivity (Wildman–Crippen MR) is 125 cm³/mol. The fourth-order valence-corrected chi connectivity index (χ4v) is 4.84. The van der Waals surface area contributed by atoms with Crippen LogP contribution >= 0.6 is 24.0 Å². The van der Waals surface area contributed by atoms with Gasteiger partial charge in [-0.2, -0.15) is 0 Å². The molecule has 2 saturated heterocycles. The van der Waals surface area contributed by atoms with Crippen LogP contribution in [0.2, 0.25) is 0 Å². The van der Waals surface area contributed by atoms with Crippen LogP contribution in [0.3, 0.4) is 0 Å². The molecule has 0 aliphatic carbocycles. The Balaban J connectivity index is 0.00000225. The number of hydrogen-bond acceptors (Lipinski definition) is 3. The fourth-order valence-electron chi connectivity index (χ4n) is 4.84. The number of rotatable bonds is 3. The van der Waals surface area contributed by atoms with E-state index >= 15 is 0 Å².